The number of hydrogen-bond acceptors (Lipinski definition) is 6. The number of hydrogen-bond donors (Lipinski definition) is 5. The predicted molar refractivity (Wildman–Crippen MR) is 52.0 cm³/mol. The second kappa shape index (κ2) is 4.59. The number of aliphatic hydroxyl groups excluding tert-OH is 2. The van der Waals surface area contributed by atoms with Crippen LogP contribution in [0.1, 0.15) is 6.92 Å². The van der Waals surface area contributed by atoms with Gasteiger partial charge in [-0.3, -0.25) is 4.99 Å². The van der Waals surface area contributed by atoms with Gasteiger partial charge in [-0.25, -0.2) is 0 Å². The molecule has 6 nitrogen and oxygen atoms in total. The molecule has 1 heterocycles. The third kappa shape index (κ3) is 3.49. The van der Waals surface area contributed by atoms with Gasteiger partial charge in [0.05, 0.1) is 19.3 Å². The molecule has 14 heavy (non-hydrogen) atoms. The zero-order valence-electron chi connectivity index (χ0n) is 8.19. The smallest absolute Gasteiger partial charge is 0.191 e. The van der Waals surface area contributed by atoms with Crippen LogP contribution < -0.4 is 10.6 Å². The van der Waals surface area contributed by atoms with E-state index in [1.165, 1.54) is 6.92 Å². The quantitative estimate of drug-likeness (QED) is 0.353. The molecule has 0 amide bonds. The molecular weight excluding hydrogens is 186 g/mol. The number of aliphatic imine (C=N–C) groups is 1. The molecule has 1 aliphatic heterocycles. The molecule has 1 rings (SSSR count). The molecule has 0 aromatic heterocycles. The highest BCUT2D eigenvalue weighted by Gasteiger charge is 2.20. The summed E-state index contributed by atoms with van der Waals surface area (Å²) in [6, 6.07) is 0. The first-order valence-corrected chi connectivity index (χ1v) is 4.57. The molecule has 2 atom stereocenters. The highest BCUT2D eigenvalue weighted by molar-refractivity contribution is 5.80. The lowest BCUT2D eigenvalue weighted by Crippen LogP contribution is -2.51. The van der Waals surface area contributed by atoms with Gasteiger partial charge in [-0.2, -0.15) is 0 Å². The van der Waals surface area contributed by atoms with Crippen molar-refractivity contribution in [3.8, 4) is 0 Å². The number of nitrogens with zero attached hydrogens (tertiary/aromatic N) is 1. The van der Waals surface area contributed by atoms with Gasteiger partial charge in [-0.15, -0.1) is 0 Å². The number of nitrogens with one attached hydrogen (secondary N) is 2. The van der Waals surface area contributed by atoms with Crippen molar-refractivity contribution in [1.82, 2.24) is 10.6 Å². The molecule has 0 aromatic carbocycles. The van der Waals surface area contributed by atoms with Gasteiger partial charge in [0.15, 0.2) is 5.96 Å². The fourth-order valence-corrected chi connectivity index (χ4v) is 0.980. The molecule has 82 valence electrons. The molecule has 0 saturated heterocycles. The third-order valence-electron chi connectivity index (χ3n) is 1.94. The zero-order valence-corrected chi connectivity index (χ0v) is 8.19. The second-order valence-corrected chi connectivity index (χ2v) is 3.73. The Morgan fingerprint density at radius 1 is 1.71 bits per heavy atom. The van der Waals surface area contributed by atoms with E-state index < -0.39 is 11.7 Å². The Kier molecular flexibility index (Phi) is 3.68. The minimum atomic E-state index is -1.15. The summed E-state index contributed by atoms with van der Waals surface area (Å²) in [5.41, 5.74) is -1.15. The normalized spacial score (nSPS) is 26.0. The minimum absolute atomic E-state index is 0.214. The average Bonchev–Trinajstić information content (AvgIpc) is 2.17. The molecule has 2 unspecified atom stereocenters. The van der Waals surface area contributed by atoms with Crippen LogP contribution in [0.4, 0.5) is 0 Å². The first-order chi connectivity index (χ1) is 6.53. The Balaban J connectivity index is 2.32. The van der Waals surface area contributed by atoms with Gasteiger partial charge < -0.3 is 26.0 Å². The number of rotatable bonds is 3. The monoisotopic (exact) mass is 203 g/mol. The maximum absolute atomic E-state index is 9.46. The zero-order chi connectivity index (χ0) is 10.6. The average molecular weight is 203 g/mol. The summed E-state index contributed by atoms with van der Waals surface area (Å²) in [5, 5.41) is 33.1. The highest BCUT2D eigenvalue weighted by Crippen LogP contribution is 1.98. The summed E-state index contributed by atoms with van der Waals surface area (Å²) < 4.78 is 0. The molecule has 0 fully saturated rings. The molecule has 0 saturated carbocycles. The largest absolute Gasteiger partial charge is 0.393 e. The standard InChI is InChI=1S/C8H17N3O3/c1-8(14,5-12)4-11-7-9-2-6(13)3-10-7/h6,12-14H,2-5H2,1H3,(H2,9,10,11). The van der Waals surface area contributed by atoms with E-state index in [1.807, 2.05) is 0 Å². The lowest BCUT2D eigenvalue weighted by atomic mass is 10.1. The van der Waals surface area contributed by atoms with E-state index in [9.17, 15) is 5.11 Å². The molecule has 5 N–H and O–H groups in total. The van der Waals surface area contributed by atoms with E-state index in [0.717, 1.165) is 0 Å². The van der Waals surface area contributed by atoms with Gasteiger partial charge in [0.2, 0.25) is 0 Å². The van der Waals surface area contributed by atoms with E-state index in [4.69, 9.17) is 10.2 Å². The van der Waals surface area contributed by atoms with Gasteiger partial charge in [-0.05, 0) is 6.92 Å². The number of guanidine groups is 1. The van der Waals surface area contributed by atoms with Crippen LogP contribution in [0.15, 0.2) is 4.99 Å². The first-order valence-electron chi connectivity index (χ1n) is 4.57. The van der Waals surface area contributed by atoms with Gasteiger partial charge in [0.1, 0.15) is 5.60 Å². The molecule has 0 radical (unpaired) electrons. The van der Waals surface area contributed by atoms with Crippen molar-refractivity contribution in [2.75, 3.05) is 26.2 Å². The first kappa shape index (κ1) is 11.2. The van der Waals surface area contributed by atoms with E-state index in [0.29, 0.717) is 19.0 Å². The maximum atomic E-state index is 9.46. The summed E-state index contributed by atoms with van der Waals surface area (Å²) in [7, 11) is 0. The topological polar surface area (TPSA) is 97.1 Å². The van der Waals surface area contributed by atoms with E-state index in [1.54, 1.807) is 0 Å². The van der Waals surface area contributed by atoms with Crippen molar-refractivity contribution in [3.05, 3.63) is 0 Å². The van der Waals surface area contributed by atoms with Gasteiger partial charge in [0.25, 0.3) is 0 Å². The number of aliphatic hydroxyl groups is 3. The van der Waals surface area contributed by atoms with Crippen molar-refractivity contribution < 1.29 is 15.3 Å². The Morgan fingerprint density at radius 3 is 2.93 bits per heavy atom. The van der Waals surface area contributed by atoms with Crippen LogP contribution in [-0.2, 0) is 0 Å². The summed E-state index contributed by atoms with van der Waals surface area (Å²) >= 11 is 0. The molecule has 1 aliphatic rings. The Bertz CT molecular complexity index is 218. The summed E-state index contributed by atoms with van der Waals surface area (Å²) in [6.07, 6.45) is -0.445. The van der Waals surface area contributed by atoms with Crippen molar-refractivity contribution in [2.24, 2.45) is 4.99 Å². The molecule has 0 aliphatic carbocycles. The van der Waals surface area contributed by atoms with Crippen LogP contribution in [0.3, 0.4) is 0 Å². The summed E-state index contributed by atoms with van der Waals surface area (Å²) in [5.74, 6) is 0.545. The Hall–Kier alpha value is -0.850. The van der Waals surface area contributed by atoms with Crippen LogP contribution in [0, 0.1) is 0 Å². The highest BCUT2D eigenvalue weighted by atomic mass is 16.3. The van der Waals surface area contributed by atoms with Crippen LogP contribution in [0.2, 0.25) is 0 Å². The molecular formula is C8H17N3O3. The van der Waals surface area contributed by atoms with Gasteiger partial charge >= 0.3 is 0 Å². The maximum Gasteiger partial charge on any atom is 0.191 e. The SMILES string of the molecule is CC(O)(CO)CNC1=NCC(O)CN1. The van der Waals surface area contributed by atoms with Crippen LogP contribution in [-0.4, -0.2) is 59.2 Å². The molecule has 0 aromatic rings. The van der Waals surface area contributed by atoms with Crippen molar-refractivity contribution in [3.63, 3.8) is 0 Å². The fourth-order valence-electron chi connectivity index (χ4n) is 0.980. The van der Waals surface area contributed by atoms with E-state index in [2.05, 4.69) is 15.6 Å². The van der Waals surface area contributed by atoms with E-state index >= 15 is 0 Å². The number of β-amino-alcohol motifs (C(OH)–C–C–N with tert-alkyl or cyclic N) is 1. The predicted octanol–water partition coefficient (Wildman–Crippen LogP) is -2.36. The van der Waals surface area contributed by atoms with E-state index in [-0.39, 0.29) is 13.2 Å². The second-order valence-electron chi connectivity index (χ2n) is 3.73. The molecule has 0 bridgehead atoms. The summed E-state index contributed by atoms with van der Waals surface area (Å²) in [4.78, 5) is 4.00. The lowest BCUT2D eigenvalue weighted by Gasteiger charge is -2.25. The molecule has 0 spiro atoms. The van der Waals surface area contributed by atoms with Crippen LogP contribution in [0.5, 0.6) is 0 Å². The minimum Gasteiger partial charge on any atom is -0.393 e. The van der Waals surface area contributed by atoms with Crippen molar-refractivity contribution in [2.45, 2.75) is 18.6 Å². The van der Waals surface area contributed by atoms with Gasteiger partial charge in [0, 0.05) is 13.1 Å². The Morgan fingerprint density at radius 2 is 2.43 bits per heavy atom. The Labute approximate surface area is 82.7 Å². The fraction of sp³-hybridized carbons (Fsp3) is 0.875. The van der Waals surface area contributed by atoms with Gasteiger partial charge in [-0.1, -0.05) is 0 Å². The van der Waals surface area contributed by atoms with Crippen molar-refractivity contribution >= 4 is 5.96 Å². The lowest BCUT2D eigenvalue weighted by molar-refractivity contribution is 0.00593. The molecule has 6 heteroatoms. The van der Waals surface area contributed by atoms with Crippen LogP contribution in [0.25, 0.3) is 0 Å². The van der Waals surface area contributed by atoms with Crippen molar-refractivity contribution in [1.29, 1.82) is 0 Å². The summed E-state index contributed by atoms with van der Waals surface area (Å²) in [6.45, 7) is 2.24. The van der Waals surface area contributed by atoms with Crippen LogP contribution >= 0.6 is 0 Å². The third-order valence-corrected chi connectivity index (χ3v) is 1.94.